The highest BCUT2D eigenvalue weighted by Crippen LogP contribution is 2.36. The number of carbonyl (C=O) groups excluding carboxylic acids is 2. The molecule has 7 nitrogen and oxygen atoms in total. The molecule has 0 aromatic heterocycles. The van der Waals surface area contributed by atoms with E-state index in [4.69, 9.17) is 4.74 Å². The van der Waals surface area contributed by atoms with Gasteiger partial charge in [0.2, 0.25) is 5.91 Å². The second kappa shape index (κ2) is 7.48. The smallest absolute Gasteiger partial charge is 0.269 e. The van der Waals surface area contributed by atoms with E-state index < -0.39 is 34.1 Å². The molecule has 3 rings (SSSR count). The van der Waals surface area contributed by atoms with Crippen molar-refractivity contribution in [1.29, 1.82) is 0 Å². The lowest BCUT2D eigenvalue weighted by molar-refractivity contribution is -0.150. The molecule has 0 radical (unpaired) electrons. The molecule has 2 amide bonds. The predicted octanol–water partition coefficient (Wildman–Crippen LogP) is 2.62. The van der Waals surface area contributed by atoms with Gasteiger partial charge in [0.25, 0.3) is 15.9 Å². The highest BCUT2D eigenvalue weighted by atomic mass is 32.2. The molecule has 0 N–H and O–H groups in total. The maximum absolute atomic E-state index is 13.2. The molecule has 0 bridgehead atoms. The molecule has 154 valence electrons. The van der Waals surface area contributed by atoms with Crippen molar-refractivity contribution in [2.75, 3.05) is 13.2 Å². The van der Waals surface area contributed by atoms with Crippen molar-refractivity contribution in [2.45, 2.75) is 63.6 Å². The van der Waals surface area contributed by atoms with Gasteiger partial charge in [0.1, 0.15) is 17.2 Å². The van der Waals surface area contributed by atoms with Crippen molar-refractivity contribution in [3.05, 3.63) is 29.8 Å². The summed E-state index contributed by atoms with van der Waals surface area (Å²) in [6.45, 7) is 7.96. The minimum atomic E-state index is -4.01. The topological polar surface area (TPSA) is 84.0 Å². The number of carbonyl (C=O) groups is 2. The first kappa shape index (κ1) is 20.8. The molecular weight excluding hydrogens is 380 g/mol. The molecule has 1 aromatic rings. The van der Waals surface area contributed by atoms with Crippen LogP contribution in [0.2, 0.25) is 0 Å². The highest BCUT2D eigenvalue weighted by molar-refractivity contribution is 7.90. The van der Waals surface area contributed by atoms with E-state index in [2.05, 4.69) is 13.8 Å². The zero-order valence-electron chi connectivity index (χ0n) is 16.8. The molecule has 1 fully saturated rings. The van der Waals surface area contributed by atoms with E-state index in [0.717, 1.165) is 6.42 Å². The number of ether oxygens (including phenoxy) is 1. The van der Waals surface area contributed by atoms with E-state index in [-0.39, 0.29) is 16.5 Å². The molecule has 1 saturated heterocycles. The average molecular weight is 409 g/mol. The fourth-order valence-electron chi connectivity index (χ4n) is 3.91. The summed E-state index contributed by atoms with van der Waals surface area (Å²) < 4.78 is 32.2. The number of hydrogen-bond donors (Lipinski definition) is 0. The van der Waals surface area contributed by atoms with E-state index in [9.17, 15) is 18.0 Å². The SMILES string of the molecule is CCC1COC(C)(CCC(C)C)N1C(=O)CN1C(=O)c2ccccc2S1(=O)=O. The Balaban J connectivity index is 1.86. The van der Waals surface area contributed by atoms with Gasteiger partial charge in [0.15, 0.2) is 0 Å². The Hall–Kier alpha value is -1.93. The minimum Gasteiger partial charge on any atom is -0.354 e. The largest absolute Gasteiger partial charge is 0.354 e. The monoisotopic (exact) mass is 408 g/mol. The molecule has 8 heteroatoms. The summed E-state index contributed by atoms with van der Waals surface area (Å²) in [6.07, 6.45) is 2.24. The maximum atomic E-state index is 13.2. The van der Waals surface area contributed by atoms with Gasteiger partial charge in [-0.05, 0) is 44.2 Å². The Kier molecular flexibility index (Phi) is 5.55. The molecule has 0 aliphatic carbocycles. The van der Waals surface area contributed by atoms with Crippen LogP contribution < -0.4 is 0 Å². The molecule has 2 heterocycles. The second-order valence-corrected chi connectivity index (χ2v) is 9.89. The number of amides is 2. The summed E-state index contributed by atoms with van der Waals surface area (Å²) in [7, 11) is -4.01. The van der Waals surface area contributed by atoms with Crippen molar-refractivity contribution in [3.63, 3.8) is 0 Å². The summed E-state index contributed by atoms with van der Waals surface area (Å²) in [5.74, 6) is -0.602. The van der Waals surface area contributed by atoms with Crippen LogP contribution in [0.15, 0.2) is 29.2 Å². The van der Waals surface area contributed by atoms with Gasteiger partial charge in [0.05, 0.1) is 18.2 Å². The zero-order chi connectivity index (χ0) is 20.7. The van der Waals surface area contributed by atoms with Crippen molar-refractivity contribution < 1.29 is 22.7 Å². The fourth-order valence-corrected chi connectivity index (χ4v) is 5.43. The Morgan fingerprint density at radius 2 is 2.00 bits per heavy atom. The molecule has 0 spiro atoms. The third-order valence-corrected chi connectivity index (χ3v) is 7.36. The lowest BCUT2D eigenvalue weighted by Gasteiger charge is -2.37. The quantitative estimate of drug-likeness (QED) is 0.722. The first-order valence-corrected chi connectivity index (χ1v) is 11.2. The van der Waals surface area contributed by atoms with E-state index in [1.807, 2.05) is 13.8 Å². The van der Waals surface area contributed by atoms with Crippen LogP contribution in [0.5, 0.6) is 0 Å². The Morgan fingerprint density at radius 1 is 1.32 bits per heavy atom. The van der Waals surface area contributed by atoms with Crippen LogP contribution in [0.25, 0.3) is 0 Å². The Morgan fingerprint density at radius 3 is 2.61 bits per heavy atom. The van der Waals surface area contributed by atoms with Crippen molar-refractivity contribution in [1.82, 2.24) is 9.21 Å². The summed E-state index contributed by atoms with van der Waals surface area (Å²) in [4.78, 5) is 27.5. The number of sulfonamides is 1. The molecule has 28 heavy (non-hydrogen) atoms. The molecule has 2 aliphatic rings. The first-order valence-electron chi connectivity index (χ1n) is 9.74. The van der Waals surface area contributed by atoms with Gasteiger partial charge in [-0.15, -0.1) is 0 Å². The molecule has 2 aliphatic heterocycles. The lowest BCUT2D eigenvalue weighted by Crippen LogP contribution is -2.53. The number of rotatable bonds is 6. The zero-order valence-corrected chi connectivity index (χ0v) is 17.7. The summed E-state index contributed by atoms with van der Waals surface area (Å²) >= 11 is 0. The van der Waals surface area contributed by atoms with Gasteiger partial charge in [-0.1, -0.05) is 32.9 Å². The van der Waals surface area contributed by atoms with Gasteiger partial charge in [-0.25, -0.2) is 12.7 Å². The van der Waals surface area contributed by atoms with Gasteiger partial charge in [-0.2, -0.15) is 0 Å². The van der Waals surface area contributed by atoms with E-state index in [1.165, 1.54) is 12.1 Å². The van der Waals surface area contributed by atoms with Gasteiger partial charge in [-0.3, -0.25) is 9.59 Å². The third kappa shape index (κ3) is 3.43. The Bertz CT molecular complexity index is 882. The summed E-state index contributed by atoms with van der Waals surface area (Å²) in [5, 5.41) is 0. The first-order chi connectivity index (χ1) is 13.1. The normalized spacial score (nSPS) is 26.2. The number of fused-ring (bicyclic) bond motifs is 1. The van der Waals surface area contributed by atoms with Crippen LogP contribution in [-0.2, 0) is 19.6 Å². The summed E-state index contributed by atoms with van der Waals surface area (Å²) in [6, 6.07) is 5.92. The van der Waals surface area contributed by atoms with E-state index >= 15 is 0 Å². The third-order valence-electron chi connectivity index (χ3n) is 5.58. The molecule has 0 saturated carbocycles. The van der Waals surface area contributed by atoms with E-state index in [1.54, 1.807) is 17.0 Å². The molecule has 2 atom stereocenters. The molecule has 1 aromatic carbocycles. The van der Waals surface area contributed by atoms with Crippen LogP contribution in [0, 0.1) is 5.92 Å². The maximum Gasteiger partial charge on any atom is 0.269 e. The molecular formula is C20H28N2O5S. The van der Waals surface area contributed by atoms with Gasteiger partial charge >= 0.3 is 0 Å². The van der Waals surface area contributed by atoms with Crippen molar-refractivity contribution >= 4 is 21.8 Å². The fraction of sp³-hybridized carbons (Fsp3) is 0.600. The molecule has 2 unspecified atom stereocenters. The van der Waals surface area contributed by atoms with Crippen LogP contribution >= 0.6 is 0 Å². The van der Waals surface area contributed by atoms with Crippen LogP contribution in [0.1, 0.15) is 57.3 Å². The predicted molar refractivity (Wildman–Crippen MR) is 104 cm³/mol. The van der Waals surface area contributed by atoms with Crippen LogP contribution in [0.3, 0.4) is 0 Å². The standard InChI is InChI=1S/C20H28N2O5S/c1-5-15-13-27-20(4,11-10-14(2)3)22(15)18(23)12-21-19(24)16-8-6-7-9-17(16)28(21,25)26/h6-9,14-15H,5,10-13H2,1-4H3. The van der Waals surface area contributed by atoms with Gasteiger partial charge < -0.3 is 9.64 Å². The van der Waals surface area contributed by atoms with E-state index in [0.29, 0.717) is 29.7 Å². The van der Waals surface area contributed by atoms with Crippen molar-refractivity contribution in [2.24, 2.45) is 5.92 Å². The summed E-state index contributed by atoms with van der Waals surface area (Å²) in [5.41, 5.74) is -0.677. The second-order valence-electron chi connectivity index (χ2n) is 8.06. The lowest BCUT2D eigenvalue weighted by atomic mass is 9.99. The number of hydrogen-bond acceptors (Lipinski definition) is 5. The number of benzene rings is 1. The average Bonchev–Trinajstić information content (AvgIpc) is 3.08. The van der Waals surface area contributed by atoms with Gasteiger partial charge in [0, 0.05) is 0 Å². The van der Waals surface area contributed by atoms with Crippen LogP contribution in [0.4, 0.5) is 0 Å². The number of nitrogens with zero attached hydrogens (tertiary/aromatic N) is 2. The highest BCUT2D eigenvalue weighted by Gasteiger charge is 2.48. The minimum absolute atomic E-state index is 0.0416. The van der Waals surface area contributed by atoms with Crippen molar-refractivity contribution in [3.8, 4) is 0 Å². The Labute approximate surface area is 166 Å². The van der Waals surface area contributed by atoms with Crippen LogP contribution in [-0.4, -0.2) is 54.4 Å².